The maximum Gasteiger partial charge on any atom is 0.509 e. The van der Waals surface area contributed by atoms with E-state index in [4.69, 9.17) is 4.74 Å². The van der Waals surface area contributed by atoms with E-state index in [0.29, 0.717) is 22.6 Å². The van der Waals surface area contributed by atoms with Crippen LogP contribution in [-0.4, -0.2) is 45.8 Å². The summed E-state index contributed by atoms with van der Waals surface area (Å²) in [5.74, 6) is -0.812. The van der Waals surface area contributed by atoms with Crippen LogP contribution in [0.25, 0.3) is 0 Å². The Morgan fingerprint density at radius 2 is 1.47 bits per heavy atom. The molecule has 10 nitrogen and oxygen atoms in total. The number of rotatable bonds is 5. The zero-order valence-electron chi connectivity index (χ0n) is 20.7. The Morgan fingerprint density at radius 1 is 0.868 bits per heavy atom. The Morgan fingerprint density at radius 3 is 2.11 bits per heavy atom. The predicted octanol–water partition coefficient (Wildman–Crippen LogP) is 3.46. The number of carbonyl (C=O) groups excluding carboxylic acids is 3. The number of carbonyl (C=O) groups is 3. The van der Waals surface area contributed by atoms with Crippen LogP contribution in [0.4, 0.5) is 21.9 Å². The average Bonchev–Trinajstić information content (AvgIpc) is 3.47. The van der Waals surface area contributed by atoms with E-state index < -0.39 is 34.4 Å². The minimum Gasteiger partial charge on any atom is -0.438 e. The quantitative estimate of drug-likeness (QED) is 0.497. The highest BCUT2D eigenvalue weighted by Gasteiger charge is 2.47. The summed E-state index contributed by atoms with van der Waals surface area (Å²) in [4.78, 5) is 38.8. The van der Waals surface area contributed by atoms with Gasteiger partial charge in [0.15, 0.2) is 6.23 Å². The monoisotopic (exact) mass is 535 g/mol. The van der Waals surface area contributed by atoms with Crippen molar-refractivity contribution in [3.8, 4) is 0 Å². The summed E-state index contributed by atoms with van der Waals surface area (Å²) in [5, 5.41) is 2.61. The van der Waals surface area contributed by atoms with Crippen molar-refractivity contribution in [2.24, 2.45) is 0 Å². The first-order chi connectivity index (χ1) is 18.2. The molecule has 0 spiro atoms. The van der Waals surface area contributed by atoms with Gasteiger partial charge in [-0.25, -0.2) is 13.2 Å². The number of hydrogen-bond donors (Lipinski definition) is 1. The number of nitrogens with one attached hydrogen (secondary N) is 1. The molecule has 0 aliphatic carbocycles. The molecule has 0 bridgehead atoms. The van der Waals surface area contributed by atoms with Gasteiger partial charge in [0.1, 0.15) is 6.04 Å². The maximum atomic E-state index is 14.2. The number of ether oxygens (including phenoxy) is 2. The minimum atomic E-state index is -4.20. The van der Waals surface area contributed by atoms with Gasteiger partial charge >= 0.3 is 6.16 Å². The van der Waals surface area contributed by atoms with Gasteiger partial charge in [-0.3, -0.25) is 18.8 Å². The lowest BCUT2D eigenvalue weighted by atomic mass is 10.1. The topological polar surface area (TPSA) is 122 Å². The molecular weight excluding hydrogens is 510 g/mol. The second kappa shape index (κ2) is 9.82. The first kappa shape index (κ1) is 25.3. The number of methoxy groups -OCH3 is 1. The van der Waals surface area contributed by atoms with Crippen molar-refractivity contribution in [2.45, 2.75) is 36.9 Å². The van der Waals surface area contributed by atoms with E-state index in [0.717, 1.165) is 9.87 Å². The molecule has 2 atom stereocenters. The van der Waals surface area contributed by atoms with E-state index in [1.54, 1.807) is 36.4 Å². The molecule has 2 amide bonds. The summed E-state index contributed by atoms with van der Waals surface area (Å²) in [6.07, 6.45) is -1.55. The van der Waals surface area contributed by atoms with Crippen molar-refractivity contribution in [2.75, 3.05) is 21.6 Å². The molecule has 2 aliphatic rings. The lowest BCUT2D eigenvalue weighted by molar-refractivity contribution is -0.121. The Bertz CT molecular complexity index is 1520. The van der Waals surface area contributed by atoms with Crippen molar-refractivity contribution in [3.63, 3.8) is 0 Å². The van der Waals surface area contributed by atoms with Crippen LogP contribution in [0.5, 0.6) is 0 Å². The Labute approximate surface area is 219 Å². The van der Waals surface area contributed by atoms with Crippen molar-refractivity contribution in [1.82, 2.24) is 0 Å². The Kier molecular flexibility index (Phi) is 6.53. The maximum absolute atomic E-state index is 14.2. The van der Waals surface area contributed by atoms with Gasteiger partial charge in [-0.15, -0.1) is 0 Å². The highest BCUT2D eigenvalue weighted by molar-refractivity contribution is 7.93. The van der Waals surface area contributed by atoms with Crippen LogP contribution in [-0.2, 0) is 41.9 Å². The lowest BCUT2D eigenvalue weighted by Gasteiger charge is -2.32. The van der Waals surface area contributed by atoms with Crippen LogP contribution < -0.4 is 14.5 Å². The first-order valence-electron chi connectivity index (χ1n) is 11.9. The molecule has 1 N–H and O–H groups in total. The lowest BCUT2D eigenvalue weighted by Crippen LogP contribution is -2.52. The second-order valence-electron chi connectivity index (χ2n) is 8.92. The largest absolute Gasteiger partial charge is 0.509 e. The number of para-hydroxylation sites is 2. The first-order valence-corrected chi connectivity index (χ1v) is 13.3. The van der Waals surface area contributed by atoms with Crippen molar-refractivity contribution in [3.05, 3.63) is 83.9 Å². The van der Waals surface area contributed by atoms with E-state index in [9.17, 15) is 22.8 Å². The van der Waals surface area contributed by atoms with Gasteiger partial charge < -0.3 is 14.8 Å². The second-order valence-corrected chi connectivity index (χ2v) is 10.7. The van der Waals surface area contributed by atoms with Crippen molar-refractivity contribution < 1.29 is 32.3 Å². The molecule has 0 saturated heterocycles. The molecule has 38 heavy (non-hydrogen) atoms. The summed E-state index contributed by atoms with van der Waals surface area (Å²) in [6, 6.07) is 18.7. The van der Waals surface area contributed by atoms with Gasteiger partial charge in [-0.1, -0.05) is 36.4 Å². The van der Waals surface area contributed by atoms with Gasteiger partial charge in [0.25, 0.3) is 15.9 Å². The molecule has 2 aliphatic heterocycles. The van der Waals surface area contributed by atoms with Gasteiger partial charge in [0.2, 0.25) is 5.91 Å². The number of nitrogens with zero attached hydrogens (tertiary/aromatic N) is 2. The zero-order chi connectivity index (χ0) is 27.0. The van der Waals surface area contributed by atoms with Crippen LogP contribution >= 0.6 is 0 Å². The predicted molar refractivity (Wildman–Crippen MR) is 139 cm³/mol. The van der Waals surface area contributed by atoms with E-state index in [-0.39, 0.29) is 23.6 Å². The fourth-order valence-corrected chi connectivity index (χ4v) is 6.54. The highest BCUT2D eigenvalue weighted by Crippen LogP contribution is 2.40. The number of hydrogen-bond acceptors (Lipinski definition) is 7. The fourth-order valence-electron chi connectivity index (χ4n) is 4.90. The molecule has 0 radical (unpaired) electrons. The summed E-state index contributed by atoms with van der Waals surface area (Å²) in [5.41, 5.74) is 2.87. The van der Waals surface area contributed by atoms with Crippen LogP contribution in [0, 0.1) is 0 Å². The minimum absolute atomic E-state index is 0.0368. The summed E-state index contributed by atoms with van der Waals surface area (Å²) in [7, 11) is -3.03. The molecule has 11 heteroatoms. The van der Waals surface area contributed by atoms with Crippen molar-refractivity contribution in [1.29, 1.82) is 0 Å². The molecule has 0 aromatic heterocycles. The average molecular weight is 536 g/mol. The van der Waals surface area contributed by atoms with E-state index >= 15 is 0 Å². The number of benzene rings is 3. The standard InChI is InChI=1S/C27H25N3O7S/c1-17(31)28-20-11-13-21(14-12-20)38(34,35)30-23-10-6-4-7-18(23)15-24(30)26(32)29-22-9-5-3-8-19(22)16-25(29)37-27(33)36-2/h3-14,24-25H,15-16H2,1-2H3,(H,28,31). The Hall–Kier alpha value is -4.38. The number of sulfonamides is 1. The molecule has 3 aromatic carbocycles. The van der Waals surface area contributed by atoms with E-state index in [2.05, 4.69) is 10.1 Å². The molecular formula is C27H25N3O7S. The van der Waals surface area contributed by atoms with Crippen LogP contribution in [0.2, 0.25) is 0 Å². The van der Waals surface area contributed by atoms with E-state index in [1.807, 2.05) is 12.1 Å². The highest BCUT2D eigenvalue weighted by atomic mass is 32.2. The molecule has 3 aromatic rings. The molecule has 196 valence electrons. The summed E-state index contributed by atoms with van der Waals surface area (Å²) < 4.78 is 39.1. The molecule has 2 unspecified atom stereocenters. The molecule has 2 heterocycles. The fraction of sp³-hybridized carbons (Fsp3) is 0.222. The number of amides is 2. The number of anilines is 3. The van der Waals surface area contributed by atoms with Gasteiger partial charge in [-0.05, 0) is 47.5 Å². The molecule has 0 fully saturated rings. The number of fused-ring (bicyclic) bond motifs is 2. The zero-order valence-corrected chi connectivity index (χ0v) is 21.5. The summed E-state index contributed by atoms with van der Waals surface area (Å²) >= 11 is 0. The van der Waals surface area contributed by atoms with Crippen LogP contribution in [0.3, 0.4) is 0 Å². The molecule has 5 rings (SSSR count). The van der Waals surface area contributed by atoms with Crippen molar-refractivity contribution >= 4 is 45.1 Å². The van der Waals surface area contributed by atoms with Gasteiger partial charge in [0.05, 0.1) is 23.4 Å². The smallest absolute Gasteiger partial charge is 0.438 e. The van der Waals surface area contributed by atoms with Crippen LogP contribution in [0.15, 0.2) is 77.7 Å². The SMILES string of the molecule is COC(=O)OC1Cc2ccccc2N1C(=O)C1Cc2ccccc2N1S(=O)(=O)c1ccc(NC(C)=O)cc1. The van der Waals surface area contributed by atoms with Crippen LogP contribution in [0.1, 0.15) is 18.1 Å². The normalized spacial score (nSPS) is 17.9. The van der Waals surface area contributed by atoms with E-state index in [1.165, 1.54) is 43.2 Å². The third kappa shape index (κ3) is 4.45. The summed E-state index contributed by atoms with van der Waals surface area (Å²) in [6.45, 7) is 1.36. The molecule has 0 saturated carbocycles. The van der Waals surface area contributed by atoms with Gasteiger partial charge in [-0.2, -0.15) is 0 Å². The Balaban J connectivity index is 1.55. The van der Waals surface area contributed by atoms with Gasteiger partial charge in [0, 0.05) is 25.5 Å². The third-order valence-electron chi connectivity index (χ3n) is 6.51. The third-order valence-corrected chi connectivity index (χ3v) is 8.35.